The van der Waals surface area contributed by atoms with Crippen molar-refractivity contribution < 1.29 is 24.2 Å². The Morgan fingerprint density at radius 3 is 2.67 bits per heavy atom. The summed E-state index contributed by atoms with van der Waals surface area (Å²) in [6.07, 6.45) is 1.74. The molecule has 140 valence electrons. The molecule has 4 N–H and O–H groups in total. The number of carboxylic acid groups (broad SMARTS) is 1. The maximum Gasteiger partial charge on any atom is 0.307 e. The van der Waals surface area contributed by atoms with Gasteiger partial charge in [0.05, 0.1) is 12.1 Å². The molecule has 1 aliphatic heterocycles. The molecular weight excluding hydrogens is 350 g/mol. The van der Waals surface area contributed by atoms with Crippen molar-refractivity contribution in [1.29, 1.82) is 0 Å². The zero-order valence-electron chi connectivity index (χ0n) is 14.6. The zero-order valence-corrected chi connectivity index (χ0v) is 14.6. The van der Waals surface area contributed by atoms with Gasteiger partial charge in [-0.2, -0.15) is 0 Å². The summed E-state index contributed by atoms with van der Waals surface area (Å²) < 4.78 is 10.2. The van der Waals surface area contributed by atoms with Crippen molar-refractivity contribution >= 4 is 28.5 Å². The predicted molar refractivity (Wildman–Crippen MR) is 99.6 cm³/mol. The van der Waals surface area contributed by atoms with E-state index in [0.717, 1.165) is 21.5 Å². The Balaban J connectivity index is 0.000000156. The van der Waals surface area contributed by atoms with Crippen molar-refractivity contribution in [1.82, 2.24) is 4.98 Å². The summed E-state index contributed by atoms with van der Waals surface area (Å²) in [6.45, 7) is 1.65. The van der Waals surface area contributed by atoms with Crippen molar-refractivity contribution in [3.8, 4) is 11.5 Å². The smallest absolute Gasteiger partial charge is 0.307 e. The second-order valence-electron chi connectivity index (χ2n) is 5.87. The van der Waals surface area contributed by atoms with Crippen molar-refractivity contribution in [2.45, 2.75) is 13.3 Å². The highest BCUT2D eigenvalue weighted by Gasteiger charge is 2.14. The van der Waals surface area contributed by atoms with Gasteiger partial charge in [-0.25, -0.2) is 10.9 Å². The average molecular weight is 369 g/mol. The van der Waals surface area contributed by atoms with Crippen LogP contribution in [0.4, 0.5) is 5.69 Å². The molecule has 4 rings (SSSR count). The average Bonchev–Trinajstić information content (AvgIpc) is 3.27. The summed E-state index contributed by atoms with van der Waals surface area (Å²) >= 11 is 0. The van der Waals surface area contributed by atoms with Crippen molar-refractivity contribution in [3.63, 3.8) is 0 Å². The Hall–Kier alpha value is -3.52. The summed E-state index contributed by atoms with van der Waals surface area (Å²) in [7, 11) is 0. The number of hydrogen-bond acceptors (Lipinski definition) is 5. The molecule has 0 bridgehead atoms. The molecule has 0 atom stereocenters. The van der Waals surface area contributed by atoms with Gasteiger partial charge >= 0.3 is 5.97 Å². The van der Waals surface area contributed by atoms with Crippen molar-refractivity contribution in [2.24, 2.45) is 5.84 Å². The standard InChI is InChI=1S/C10H11N3O.C9H8O4/c1-7(14)13(11)10-6-12-9-5-3-2-4-8(9)10;10-9(11)4-6-1-2-7-8(3-6)13-5-12-7/h2-6,12H,11H2,1H3;1-3H,4-5H2,(H,10,11). The van der Waals surface area contributed by atoms with E-state index in [0.29, 0.717) is 17.2 Å². The van der Waals surface area contributed by atoms with Crippen molar-refractivity contribution in [3.05, 3.63) is 54.2 Å². The van der Waals surface area contributed by atoms with Gasteiger partial charge in [-0.1, -0.05) is 24.3 Å². The lowest BCUT2D eigenvalue weighted by Gasteiger charge is -2.12. The first-order valence-electron chi connectivity index (χ1n) is 8.17. The number of nitrogens with zero attached hydrogens (tertiary/aromatic N) is 1. The van der Waals surface area contributed by atoms with Gasteiger partial charge in [0.15, 0.2) is 11.5 Å². The molecule has 0 saturated heterocycles. The van der Waals surface area contributed by atoms with Crippen LogP contribution in [0.2, 0.25) is 0 Å². The molecule has 8 nitrogen and oxygen atoms in total. The Morgan fingerprint density at radius 1 is 1.19 bits per heavy atom. The van der Waals surface area contributed by atoms with Crippen LogP contribution in [-0.4, -0.2) is 28.8 Å². The van der Waals surface area contributed by atoms with Crippen LogP contribution in [0.15, 0.2) is 48.7 Å². The topological polar surface area (TPSA) is 118 Å². The molecule has 1 aromatic heterocycles. The van der Waals surface area contributed by atoms with Gasteiger partial charge in [-0.05, 0) is 23.8 Å². The number of amides is 1. The number of carboxylic acids is 1. The van der Waals surface area contributed by atoms with E-state index < -0.39 is 5.97 Å². The third kappa shape index (κ3) is 4.18. The number of anilines is 1. The minimum atomic E-state index is -0.848. The van der Waals surface area contributed by atoms with Gasteiger partial charge < -0.3 is 19.6 Å². The number of nitrogens with two attached hydrogens (primary N) is 1. The number of carbonyl (C=O) groups is 2. The molecule has 27 heavy (non-hydrogen) atoms. The van der Waals surface area contributed by atoms with E-state index in [2.05, 4.69) is 4.98 Å². The van der Waals surface area contributed by atoms with Crippen LogP contribution in [0.3, 0.4) is 0 Å². The van der Waals surface area contributed by atoms with Crippen LogP contribution in [-0.2, 0) is 16.0 Å². The van der Waals surface area contributed by atoms with Gasteiger partial charge in [-0.15, -0.1) is 0 Å². The predicted octanol–water partition coefficient (Wildman–Crippen LogP) is 2.44. The van der Waals surface area contributed by atoms with Crippen molar-refractivity contribution in [2.75, 3.05) is 11.8 Å². The van der Waals surface area contributed by atoms with Gasteiger partial charge in [0.2, 0.25) is 12.7 Å². The number of carbonyl (C=O) groups excluding carboxylic acids is 1. The maximum absolute atomic E-state index is 11.1. The Morgan fingerprint density at radius 2 is 1.93 bits per heavy atom. The van der Waals surface area contributed by atoms with Crippen LogP contribution >= 0.6 is 0 Å². The molecule has 0 radical (unpaired) electrons. The molecule has 0 fully saturated rings. The molecule has 0 aliphatic carbocycles. The molecule has 1 amide bonds. The fourth-order valence-corrected chi connectivity index (χ4v) is 2.65. The van der Waals surface area contributed by atoms with E-state index in [-0.39, 0.29) is 19.1 Å². The molecule has 0 spiro atoms. The highest BCUT2D eigenvalue weighted by Crippen LogP contribution is 2.32. The van der Waals surface area contributed by atoms with E-state index in [1.807, 2.05) is 24.3 Å². The van der Waals surface area contributed by atoms with Gasteiger partial charge in [-0.3, -0.25) is 9.59 Å². The van der Waals surface area contributed by atoms with Gasteiger partial charge in [0, 0.05) is 24.0 Å². The minimum absolute atomic E-state index is 0.0106. The molecule has 0 unspecified atom stereocenters. The molecule has 8 heteroatoms. The number of hydrogen-bond donors (Lipinski definition) is 3. The normalized spacial score (nSPS) is 11.6. The number of aromatic amines is 1. The third-order valence-electron chi connectivity index (χ3n) is 3.96. The maximum atomic E-state index is 11.1. The molecule has 3 aromatic rings. The number of para-hydroxylation sites is 1. The first kappa shape index (κ1) is 18.3. The van der Waals surface area contributed by atoms with E-state index in [1.165, 1.54) is 6.92 Å². The summed E-state index contributed by atoms with van der Waals surface area (Å²) in [4.78, 5) is 24.5. The molecule has 1 aliphatic rings. The number of hydrazine groups is 1. The monoisotopic (exact) mass is 369 g/mol. The number of fused-ring (bicyclic) bond motifs is 2. The number of nitrogens with one attached hydrogen (secondary N) is 1. The van der Waals surface area contributed by atoms with E-state index >= 15 is 0 Å². The second kappa shape index (κ2) is 7.79. The van der Waals surface area contributed by atoms with Gasteiger partial charge in [0.1, 0.15) is 0 Å². The summed E-state index contributed by atoms with van der Waals surface area (Å²) in [5.74, 6) is 5.88. The lowest BCUT2D eigenvalue weighted by atomic mass is 10.1. The summed E-state index contributed by atoms with van der Waals surface area (Å²) in [5, 5.41) is 10.6. The highest BCUT2D eigenvalue weighted by molar-refractivity contribution is 6.01. The van der Waals surface area contributed by atoms with Crippen LogP contribution in [0.1, 0.15) is 12.5 Å². The minimum Gasteiger partial charge on any atom is -0.481 e. The van der Waals surface area contributed by atoms with Gasteiger partial charge in [0.25, 0.3) is 0 Å². The molecule has 2 heterocycles. The number of rotatable bonds is 3. The Labute approximate surface area is 155 Å². The van der Waals surface area contributed by atoms with E-state index in [1.54, 1.807) is 24.4 Å². The van der Waals surface area contributed by atoms with Crippen LogP contribution in [0.5, 0.6) is 11.5 Å². The summed E-state index contributed by atoms with van der Waals surface area (Å²) in [6, 6.07) is 12.8. The van der Waals surface area contributed by atoms with Crippen LogP contribution in [0.25, 0.3) is 10.9 Å². The molecular formula is C19H19N3O5. The molecule has 2 aromatic carbocycles. The summed E-state index contributed by atoms with van der Waals surface area (Å²) in [5.41, 5.74) is 2.39. The number of ether oxygens (including phenoxy) is 2. The number of aromatic nitrogens is 1. The number of benzene rings is 2. The number of H-pyrrole nitrogens is 1. The van der Waals surface area contributed by atoms with E-state index in [4.69, 9.17) is 20.4 Å². The Bertz CT molecular complexity index is 982. The lowest BCUT2D eigenvalue weighted by Crippen LogP contribution is -2.35. The fraction of sp³-hybridized carbons (Fsp3) is 0.158. The van der Waals surface area contributed by atoms with E-state index in [9.17, 15) is 9.59 Å². The molecule has 0 saturated carbocycles. The number of aliphatic carboxylic acids is 1. The quantitative estimate of drug-likeness (QED) is 0.371. The SMILES string of the molecule is CC(=O)N(N)c1c[nH]c2ccccc12.O=C(O)Cc1ccc2c(c1)OCO2. The van der Waals surface area contributed by atoms with Crippen LogP contribution in [0, 0.1) is 0 Å². The lowest BCUT2D eigenvalue weighted by molar-refractivity contribution is -0.136. The first-order valence-corrected chi connectivity index (χ1v) is 8.17. The highest BCUT2D eigenvalue weighted by atomic mass is 16.7. The Kier molecular flexibility index (Phi) is 5.28. The van der Waals surface area contributed by atoms with Crippen LogP contribution < -0.4 is 20.3 Å². The third-order valence-corrected chi connectivity index (χ3v) is 3.96. The zero-order chi connectivity index (χ0) is 19.4. The largest absolute Gasteiger partial charge is 0.481 e. The first-order chi connectivity index (χ1) is 13.0. The fourth-order valence-electron chi connectivity index (χ4n) is 2.65. The second-order valence-corrected chi connectivity index (χ2v) is 5.87.